The van der Waals surface area contributed by atoms with E-state index in [9.17, 15) is 9.59 Å². The molecule has 0 unspecified atom stereocenters. The van der Waals surface area contributed by atoms with Crippen molar-refractivity contribution in [3.63, 3.8) is 0 Å². The van der Waals surface area contributed by atoms with Crippen LogP contribution >= 0.6 is 11.6 Å². The third kappa shape index (κ3) is 5.06. The number of carbonyl (C=O) groups is 2. The fourth-order valence-corrected chi connectivity index (χ4v) is 3.05. The monoisotopic (exact) mass is 381 g/mol. The van der Waals surface area contributed by atoms with Crippen molar-refractivity contribution in [3.8, 4) is 0 Å². The molecule has 0 spiro atoms. The van der Waals surface area contributed by atoms with E-state index in [1.165, 1.54) is 10.8 Å². The van der Waals surface area contributed by atoms with Gasteiger partial charge in [0.05, 0.1) is 17.1 Å². The Morgan fingerprint density at radius 3 is 2.41 bits per heavy atom. The number of fused-ring (bicyclic) bond motifs is 1. The van der Waals surface area contributed by atoms with E-state index >= 15 is 0 Å². The van der Waals surface area contributed by atoms with Crippen molar-refractivity contribution < 1.29 is 9.59 Å². The van der Waals surface area contributed by atoms with Crippen LogP contribution in [0.2, 0.25) is 5.02 Å². The highest BCUT2D eigenvalue weighted by Gasteiger charge is 2.12. The van der Waals surface area contributed by atoms with Gasteiger partial charge >= 0.3 is 0 Å². The van der Waals surface area contributed by atoms with Gasteiger partial charge in [0.25, 0.3) is 11.8 Å². The molecule has 6 heteroatoms. The summed E-state index contributed by atoms with van der Waals surface area (Å²) < 4.78 is 0. The first-order valence-electron chi connectivity index (χ1n) is 8.53. The van der Waals surface area contributed by atoms with Gasteiger partial charge in [-0.25, -0.2) is 0 Å². The van der Waals surface area contributed by atoms with Crippen LogP contribution in [0.4, 0.5) is 0 Å². The van der Waals surface area contributed by atoms with E-state index in [1.54, 1.807) is 24.3 Å². The summed E-state index contributed by atoms with van der Waals surface area (Å²) in [5.41, 5.74) is 6.22. The van der Waals surface area contributed by atoms with Crippen molar-refractivity contribution in [2.45, 2.75) is 6.54 Å². The first-order valence-corrected chi connectivity index (χ1v) is 8.90. The van der Waals surface area contributed by atoms with E-state index in [2.05, 4.69) is 41.2 Å². The van der Waals surface area contributed by atoms with Gasteiger partial charge in [0.15, 0.2) is 0 Å². The van der Waals surface area contributed by atoms with Crippen molar-refractivity contribution in [1.82, 2.24) is 15.8 Å². The molecule has 0 saturated carbocycles. The maximum atomic E-state index is 12.1. The lowest BCUT2D eigenvalue weighted by atomic mass is 10.1. The molecule has 0 radical (unpaired) electrons. The minimum absolute atomic E-state index is 0.148. The molecule has 2 amide bonds. The number of amides is 2. The Morgan fingerprint density at radius 2 is 1.63 bits per heavy atom. The number of rotatable bonds is 5. The number of nitrogens with one attached hydrogen (secondary N) is 2. The zero-order valence-electron chi connectivity index (χ0n) is 14.9. The van der Waals surface area contributed by atoms with E-state index in [0.29, 0.717) is 17.1 Å². The Hall–Kier alpha value is -2.89. The summed E-state index contributed by atoms with van der Waals surface area (Å²) in [6, 6.07) is 21.0. The molecule has 2 N–H and O–H groups in total. The zero-order valence-corrected chi connectivity index (χ0v) is 15.7. The lowest BCUT2D eigenvalue weighted by molar-refractivity contribution is -0.122. The lowest BCUT2D eigenvalue weighted by Gasteiger charge is -2.17. The van der Waals surface area contributed by atoms with E-state index < -0.39 is 5.91 Å². The second-order valence-electron chi connectivity index (χ2n) is 6.34. The van der Waals surface area contributed by atoms with Crippen molar-refractivity contribution >= 4 is 34.2 Å². The largest absolute Gasteiger partial charge is 0.293 e. The lowest BCUT2D eigenvalue weighted by Crippen LogP contribution is -2.45. The highest BCUT2D eigenvalue weighted by atomic mass is 35.5. The molecule has 0 atom stereocenters. The van der Waals surface area contributed by atoms with E-state index in [4.69, 9.17) is 11.6 Å². The maximum absolute atomic E-state index is 12.1. The summed E-state index contributed by atoms with van der Waals surface area (Å²) in [6.45, 7) is 0.770. The van der Waals surface area contributed by atoms with Gasteiger partial charge in [0.1, 0.15) is 0 Å². The Bertz CT molecular complexity index is 974. The summed E-state index contributed by atoms with van der Waals surface area (Å²) in [5, 5.41) is 2.68. The minimum Gasteiger partial charge on any atom is -0.293 e. The highest BCUT2D eigenvalue weighted by Crippen LogP contribution is 2.16. The summed E-state index contributed by atoms with van der Waals surface area (Å²) in [7, 11) is 1.85. The van der Waals surface area contributed by atoms with Crippen molar-refractivity contribution in [1.29, 1.82) is 0 Å². The third-order valence-electron chi connectivity index (χ3n) is 4.11. The number of benzene rings is 3. The molecule has 0 aromatic heterocycles. The van der Waals surface area contributed by atoms with Gasteiger partial charge in [-0.15, -0.1) is 0 Å². The number of hydrogen-bond donors (Lipinski definition) is 2. The second-order valence-corrected chi connectivity index (χ2v) is 6.74. The Labute approximate surface area is 162 Å². The van der Waals surface area contributed by atoms with E-state index in [1.807, 2.05) is 24.1 Å². The molecule has 0 fully saturated rings. The molecule has 3 aromatic rings. The maximum Gasteiger partial charge on any atom is 0.271 e. The van der Waals surface area contributed by atoms with Gasteiger partial charge in [-0.1, -0.05) is 60.1 Å². The van der Waals surface area contributed by atoms with Gasteiger partial charge < -0.3 is 0 Å². The van der Waals surface area contributed by atoms with Crippen LogP contribution in [-0.4, -0.2) is 30.3 Å². The van der Waals surface area contributed by atoms with Crippen LogP contribution in [0.15, 0.2) is 66.7 Å². The number of nitrogens with zero attached hydrogens (tertiary/aromatic N) is 1. The Morgan fingerprint density at radius 1 is 0.926 bits per heavy atom. The number of hydrazine groups is 1. The Balaban J connectivity index is 1.51. The fourth-order valence-electron chi connectivity index (χ4n) is 2.83. The molecule has 3 rings (SSSR count). The van der Waals surface area contributed by atoms with E-state index in [0.717, 1.165) is 5.56 Å². The molecule has 0 saturated heterocycles. The molecule has 0 aliphatic rings. The van der Waals surface area contributed by atoms with Crippen LogP contribution in [0.5, 0.6) is 0 Å². The molecule has 27 heavy (non-hydrogen) atoms. The summed E-state index contributed by atoms with van der Waals surface area (Å²) in [4.78, 5) is 26.0. The zero-order chi connectivity index (χ0) is 19.2. The number of carbonyl (C=O) groups excluding carboxylic acids is 2. The predicted molar refractivity (Wildman–Crippen MR) is 107 cm³/mol. The van der Waals surface area contributed by atoms with Crippen LogP contribution in [0.1, 0.15) is 15.9 Å². The smallest absolute Gasteiger partial charge is 0.271 e. The first kappa shape index (κ1) is 18.9. The van der Waals surface area contributed by atoms with Gasteiger partial charge in [-0.3, -0.25) is 25.3 Å². The molecule has 0 bridgehead atoms. The number of halogens is 1. The third-order valence-corrected chi connectivity index (χ3v) is 4.44. The minimum atomic E-state index is -0.453. The standard InChI is InChI=1S/C21H20ClN3O2/c1-25(13-15-10-11-16-6-2-3-7-17(16)12-15)14-20(26)23-24-21(27)18-8-4-5-9-19(18)22/h2-12H,13-14H2,1H3,(H,23,26)(H,24,27). The molecular weight excluding hydrogens is 362 g/mol. The number of hydrogen-bond acceptors (Lipinski definition) is 3. The van der Waals surface area contributed by atoms with Crippen LogP contribution in [0.3, 0.4) is 0 Å². The highest BCUT2D eigenvalue weighted by molar-refractivity contribution is 6.33. The molecule has 0 aliphatic heterocycles. The molecule has 0 heterocycles. The van der Waals surface area contributed by atoms with Crippen molar-refractivity contribution in [2.24, 2.45) is 0 Å². The van der Waals surface area contributed by atoms with Crippen molar-refractivity contribution in [3.05, 3.63) is 82.9 Å². The van der Waals surface area contributed by atoms with Crippen LogP contribution < -0.4 is 10.9 Å². The molecular formula is C21H20ClN3O2. The van der Waals surface area contributed by atoms with E-state index in [-0.39, 0.29) is 12.5 Å². The topological polar surface area (TPSA) is 61.4 Å². The SMILES string of the molecule is CN(CC(=O)NNC(=O)c1ccccc1Cl)Cc1ccc2ccccc2c1. The average molecular weight is 382 g/mol. The molecule has 138 valence electrons. The summed E-state index contributed by atoms with van der Waals surface area (Å²) in [5.74, 6) is -0.759. The Kier molecular flexibility index (Phi) is 6.06. The normalized spacial score (nSPS) is 10.8. The number of likely N-dealkylation sites (N-methyl/N-ethyl adjacent to an activating group) is 1. The van der Waals surface area contributed by atoms with Gasteiger partial charge in [0.2, 0.25) is 0 Å². The van der Waals surface area contributed by atoms with Gasteiger partial charge in [-0.2, -0.15) is 0 Å². The molecule has 3 aromatic carbocycles. The van der Waals surface area contributed by atoms with Crippen molar-refractivity contribution in [2.75, 3.05) is 13.6 Å². The summed E-state index contributed by atoms with van der Waals surface area (Å²) >= 11 is 5.97. The second kappa shape index (κ2) is 8.66. The van der Waals surface area contributed by atoms with Crippen LogP contribution in [0.25, 0.3) is 10.8 Å². The van der Waals surface area contributed by atoms with Crippen LogP contribution in [-0.2, 0) is 11.3 Å². The molecule has 5 nitrogen and oxygen atoms in total. The van der Waals surface area contributed by atoms with Gasteiger partial charge in [0, 0.05) is 6.54 Å². The van der Waals surface area contributed by atoms with Gasteiger partial charge in [-0.05, 0) is 41.6 Å². The quantitative estimate of drug-likeness (QED) is 0.666. The molecule has 0 aliphatic carbocycles. The predicted octanol–water partition coefficient (Wildman–Crippen LogP) is 3.39. The summed E-state index contributed by atoms with van der Waals surface area (Å²) in [6.07, 6.45) is 0. The average Bonchev–Trinajstić information content (AvgIpc) is 2.66. The fraction of sp³-hybridized carbons (Fsp3) is 0.143. The first-order chi connectivity index (χ1) is 13.0. The van der Waals surface area contributed by atoms with Crippen LogP contribution in [0, 0.1) is 0 Å².